The summed E-state index contributed by atoms with van der Waals surface area (Å²) in [5, 5.41) is 4.63. The zero-order chi connectivity index (χ0) is 30.5. The standard InChI is InChI=1S/C36H43ClN4O3/c1-26(5-4-8-35(43)41-19-17-40(18-20-41)21-22-42)27-9-12-33(37)28(23-27)24-39-36(14-15-36)32-25-38-16-13-30(32)31-6-2-3-7-34(31)44-29-10-11-29/h2-3,6-7,9,12-13,16,22-23,25-26,29,39H,4-5,8,10-11,14-15,17-21,24H2,1H3. The minimum Gasteiger partial charge on any atom is -0.490 e. The van der Waals surface area contributed by atoms with Crippen LogP contribution in [0.5, 0.6) is 5.75 Å². The molecule has 1 amide bonds. The number of amides is 1. The maximum atomic E-state index is 12.8. The number of halogens is 1. The van der Waals surface area contributed by atoms with Crippen molar-refractivity contribution in [3.63, 3.8) is 0 Å². The van der Waals surface area contributed by atoms with Gasteiger partial charge in [-0.05, 0) is 84.9 Å². The number of nitrogens with zero attached hydrogens (tertiary/aromatic N) is 3. The molecule has 232 valence electrons. The van der Waals surface area contributed by atoms with Gasteiger partial charge in [0.2, 0.25) is 5.91 Å². The van der Waals surface area contributed by atoms with Crippen molar-refractivity contribution in [2.45, 2.75) is 76.0 Å². The Morgan fingerprint density at radius 1 is 1.11 bits per heavy atom. The molecule has 1 saturated heterocycles. The number of nitrogens with one attached hydrogen (secondary N) is 1. The lowest BCUT2D eigenvalue weighted by Crippen LogP contribution is -2.49. The second-order valence-electron chi connectivity index (χ2n) is 12.7. The zero-order valence-electron chi connectivity index (χ0n) is 25.6. The fourth-order valence-corrected chi connectivity index (χ4v) is 6.49. The summed E-state index contributed by atoms with van der Waals surface area (Å²) in [5.74, 6) is 1.49. The molecule has 44 heavy (non-hydrogen) atoms. The van der Waals surface area contributed by atoms with Crippen LogP contribution in [0.1, 0.15) is 74.5 Å². The van der Waals surface area contributed by atoms with Crippen LogP contribution in [-0.2, 0) is 21.7 Å². The van der Waals surface area contributed by atoms with E-state index in [2.05, 4.69) is 58.5 Å². The van der Waals surface area contributed by atoms with Gasteiger partial charge in [-0.2, -0.15) is 0 Å². The molecule has 2 heterocycles. The molecular weight excluding hydrogens is 572 g/mol. The zero-order valence-corrected chi connectivity index (χ0v) is 26.4. The van der Waals surface area contributed by atoms with Gasteiger partial charge in [0.15, 0.2) is 0 Å². The molecule has 0 radical (unpaired) electrons. The van der Waals surface area contributed by atoms with Gasteiger partial charge in [-0.3, -0.25) is 14.7 Å². The van der Waals surface area contributed by atoms with Gasteiger partial charge in [0.1, 0.15) is 12.0 Å². The Kier molecular flexibility index (Phi) is 9.65. The Labute approximate surface area is 265 Å². The van der Waals surface area contributed by atoms with Crippen LogP contribution in [0.15, 0.2) is 60.9 Å². The SMILES string of the molecule is CC(CCCC(=O)N1CCN(CC=O)CC1)c1ccc(Cl)c(CNC2(c3cnccc3-c3ccccc3OC3CC3)CC2)c1. The van der Waals surface area contributed by atoms with E-state index < -0.39 is 0 Å². The minimum atomic E-state index is -0.139. The number of hydrogen-bond donors (Lipinski definition) is 1. The van der Waals surface area contributed by atoms with Crippen molar-refractivity contribution in [3.8, 4) is 16.9 Å². The highest BCUT2D eigenvalue weighted by atomic mass is 35.5. The average Bonchev–Trinajstić information content (AvgIpc) is 3.99. The predicted molar refractivity (Wildman–Crippen MR) is 174 cm³/mol. The molecule has 3 aliphatic rings. The number of piperazine rings is 1. The van der Waals surface area contributed by atoms with Crippen molar-refractivity contribution < 1.29 is 14.3 Å². The quantitative estimate of drug-likeness (QED) is 0.214. The third-order valence-corrected chi connectivity index (χ3v) is 9.79. The van der Waals surface area contributed by atoms with E-state index in [9.17, 15) is 9.59 Å². The van der Waals surface area contributed by atoms with Crippen LogP contribution < -0.4 is 10.1 Å². The van der Waals surface area contributed by atoms with E-state index in [1.807, 2.05) is 29.4 Å². The van der Waals surface area contributed by atoms with Gasteiger partial charge >= 0.3 is 0 Å². The Bertz CT molecular complexity index is 1460. The highest BCUT2D eigenvalue weighted by molar-refractivity contribution is 6.31. The molecule has 7 nitrogen and oxygen atoms in total. The molecule has 0 bridgehead atoms. The Morgan fingerprint density at radius 3 is 2.66 bits per heavy atom. The van der Waals surface area contributed by atoms with E-state index in [1.165, 1.54) is 16.7 Å². The number of carbonyl (C=O) groups excluding carboxylic acids is 2. The molecule has 1 aliphatic heterocycles. The number of aromatic nitrogens is 1. The molecule has 2 aromatic carbocycles. The van der Waals surface area contributed by atoms with Gasteiger partial charge in [0, 0.05) is 67.7 Å². The van der Waals surface area contributed by atoms with Crippen LogP contribution in [0.4, 0.5) is 0 Å². The van der Waals surface area contributed by atoms with Crippen molar-refractivity contribution in [3.05, 3.63) is 82.6 Å². The lowest BCUT2D eigenvalue weighted by atomic mass is 9.93. The average molecular weight is 615 g/mol. The number of para-hydroxylation sites is 1. The van der Waals surface area contributed by atoms with Crippen LogP contribution >= 0.6 is 11.6 Å². The van der Waals surface area contributed by atoms with Crippen LogP contribution in [0.3, 0.4) is 0 Å². The van der Waals surface area contributed by atoms with Gasteiger partial charge in [-0.25, -0.2) is 0 Å². The third-order valence-electron chi connectivity index (χ3n) is 9.42. The van der Waals surface area contributed by atoms with Gasteiger partial charge in [-0.1, -0.05) is 48.9 Å². The maximum Gasteiger partial charge on any atom is 0.222 e. The van der Waals surface area contributed by atoms with Crippen molar-refractivity contribution in [1.29, 1.82) is 0 Å². The summed E-state index contributed by atoms with van der Waals surface area (Å²) < 4.78 is 6.27. The first-order chi connectivity index (χ1) is 21.5. The van der Waals surface area contributed by atoms with Gasteiger partial charge in [0.25, 0.3) is 0 Å². The molecule has 2 saturated carbocycles. The Balaban J connectivity index is 1.07. The number of pyridine rings is 1. The molecule has 3 aromatic rings. The monoisotopic (exact) mass is 614 g/mol. The molecule has 8 heteroatoms. The van der Waals surface area contributed by atoms with E-state index in [0.717, 1.165) is 79.8 Å². The molecule has 3 fully saturated rings. The number of benzene rings is 2. The Morgan fingerprint density at radius 2 is 1.91 bits per heavy atom. The number of rotatable bonds is 14. The van der Waals surface area contributed by atoms with Crippen LogP contribution in [0, 0.1) is 0 Å². The molecule has 1 unspecified atom stereocenters. The topological polar surface area (TPSA) is 74.8 Å². The molecule has 1 atom stereocenters. The van der Waals surface area contributed by atoms with Gasteiger partial charge in [-0.15, -0.1) is 0 Å². The third kappa shape index (κ3) is 7.33. The number of ether oxygens (including phenoxy) is 1. The second-order valence-corrected chi connectivity index (χ2v) is 13.1. The number of aldehydes is 1. The van der Waals surface area contributed by atoms with Crippen molar-refractivity contribution in [2.24, 2.45) is 0 Å². The molecular formula is C36H43ClN4O3. The number of hydrogen-bond acceptors (Lipinski definition) is 6. The van der Waals surface area contributed by atoms with E-state index in [-0.39, 0.29) is 11.4 Å². The molecule has 1 N–H and O–H groups in total. The molecule has 0 spiro atoms. The second kappa shape index (κ2) is 13.8. The van der Waals surface area contributed by atoms with Crippen LogP contribution in [-0.4, -0.2) is 65.8 Å². The van der Waals surface area contributed by atoms with Crippen LogP contribution in [0.25, 0.3) is 11.1 Å². The lowest BCUT2D eigenvalue weighted by Gasteiger charge is -2.33. The largest absolute Gasteiger partial charge is 0.490 e. The summed E-state index contributed by atoms with van der Waals surface area (Å²) in [6.45, 7) is 6.31. The highest BCUT2D eigenvalue weighted by Gasteiger charge is 2.46. The lowest BCUT2D eigenvalue weighted by molar-refractivity contribution is -0.133. The van der Waals surface area contributed by atoms with Crippen molar-refractivity contribution in [2.75, 3.05) is 32.7 Å². The summed E-state index contributed by atoms with van der Waals surface area (Å²) >= 11 is 6.72. The normalized spacial score (nSPS) is 18.5. The Hall–Kier alpha value is -3.26. The summed E-state index contributed by atoms with van der Waals surface area (Å²) in [6.07, 6.45) is 11.8. The summed E-state index contributed by atoms with van der Waals surface area (Å²) in [7, 11) is 0. The van der Waals surface area contributed by atoms with E-state index in [1.54, 1.807) is 0 Å². The van der Waals surface area contributed by atoms with Crippen molar-refractivity contribution in [1.82, 2.24) is 20.1 Å². The molecule has 2 aliphatic carbocycles. The smallest absolute Gasteiger partial charge is 0.222 e. The molecule has 1 aromatic heterocycles. The van der Waals surface area contributed by atoms with Crippen molar-refractivity contribution >= 4 is 23.8 Å². The number of carbonyl (C=O) groups is 2. The van der Waals surface area contributed by atoms with E-state index in [0.29, 0.717) is 44.6 Å². The van der Waals surface area contributed by atoms with Gasteiger partial charge in [0.05, 0.1) is 12.6 Å². The fraction of sp³-hybridized carbons (Fsp3) is 0.472. The predicted octanol–water partition coefficient (Wildman–Crippen LogP) is 6.34. The molecule has 6 rings (SSSR count). The van der Waals surface area contributed by atoms with E-state index >= 15 is 0 Å². The summed E-state index contributed by atoms with van der Waals surface area (Å²) in [6, 6.07) is 16.8. The van der Waals surface area contributed by atoms with E-state index in [4.69, 9.17) is 16.3 Å². The highest BCUT2D eigenvalue weighted by Crippen LogP contribution is 2.50. The summed E-state index contributed by atoms with van der Waals surface area (Å²) in [4.78, 5) is 32.1. The fourth-order valence-electron chi connectivity index (χ4n) is 6.30. The van der Waals surface area contributed by atoms with Gasteiger partial charge < -0.3 is 19.7 Å². The minimum absolute atomic E-state index is 0.139. The van der Waals surface area contributed by atoms with Crippen LogP contribution in [0.2, 0.25) is 5.02 Å². The first-order valence-electron chi connectivity index (χ1n) is 16.1. The summed E-state index contributed by atoms with van der Waals surface area (Å²) in [5.41, 5.74) is 5.71. The maximum absolute atomic E-state index is 12.8. The first kappa shape index (κ1) is 30.8. The first-order valence-corrected chi connectivity index (χ1v) is 16.5.